The van der Waals surface area contributed by atoms with Crippen LogP contribution in [0.3, 0.4) is 0 Å². The lowest BCUT2D eigenvalue weighted by atomic mass is 10.1. The molecule has 0 atom stereocenters. The van der Waals surface area contributed by atoms with Crippen molar-refractivity contribution in [1.82, 2.24) is 9.97 Å². The largest absolute Gasteiger partial charge is 0.366 e. The molecule has 1 aromatic heterocycles. The first kappa shape index (κ1) is 14.3. The van der Waals surface area contributed by atoms with Crippen LogP contribution in [0.15, 0.2) is 24.3 Å². The normalized spacial score (nSPS) is 14.2. The quantitative estimate of drug-likeness (QED) is 0.868. The predicted octanol–water partition coefficient (Wildman–Crippen LogP) is 3.97. The molecule has 1 aliphatic carbocycles. The molecule has 0 saturated carbocycles. The third kappa shape index (κ3) is 3.03. The zero-order valence-electron chi connectivity index (χ0n) is 12.5. The molecule has 0 radical (unpaired) electrons. The Bertz CT molecular complexity index is 629. The van der Waals surface area contributed by atoms with Gasteiger partial charge in [0.15, 0.2) is 0 Å². The summed E-state index contributed by atoms with van der Waals surface area (Å²) < 4.78 is 0. The average molecular weight is 302 g/mol. The molecule has 1 aliphatic rings. The van der Waals surface area contributed by atoms with E-state index in [1.54, 1.807) is 0 Å². The lowest BCUT2D eigenvalue weighted by molar-refractivity contribution is 0.757. The van der Waals surface area contributed by atoms with Gasteiger partial charge in [0.2, 0.25) is 0 Å². The summed E-state index contributed by atoms with van der Waals surface area (Å²) in [5.74, 6) is 1.71. The first-order chi connectivity index (χ1) is 10.2. The van der Waals surface area contributed by atoms with Crippen molar-refractivity contribution in [1.29, 1.82) is 0 Å². The minimum Gasteiger partial charge on any atom is -0.366 e. The van der Waals surface area contributed by atoms with Crippen LogP contribution in [0.1, 0.15) is 35.9 Å². The number of nitrogens with zero attached hydrogens (tertiary/aromatic N) is 2. The molecule has 0 amide bonds. The van der Waals surface area contributed by atoms with E-state index < -0.39 is 0 Å². The van der Waals surface area contributed by atoms with Gasteiger partial charge in [-0.3, -0.25) is 0 Å². The maximum absolute atomic E-state index is 6.24. The van der Waals surface area contributed by atoms with Crippen LogP contribution in [0.2, 0.25) is 5.15 Å². The highest BCUT2D eigenvalue weighted by atomic mass is 35.5. The average Bonchev–Trinajstić information content (AvgIpc) is 2.87. The summed E-state index contributed by atoms with van der Waals surface area (Å²) >= 11 is 6.24. The topological polar surface area (TPSA) is 37.8 Å². The van der Waals surface area contributed by atoms with Crippen LogP contribution in [-0.2, 0) is 19.3 Å². The summed E-state index contributed by atoms with van der Waals surface area (Å²) in [4.78, 5) is 8.99. The molecule has 1 aromatic carbocycles. The van der Waals surface area contributed by atoms with Gasteiger partial charge in [-0.2, -0.15) is 0 Å². The van der Waals surface area contributed by atoms with Crippen LogP contribution in [0, 0.1) is 6.92 Å². The van der Waals surface area contributed by atoms with Gasteiger partial charge in [-0.05, 0) is 37.3 Å². The number of rotatable bonds is 4. The highest BCUT2D eigenvalue weighted by molar-refractivity contribution is 6.30. The Morgan fingerprint density at radius 2 is 1.86 bits per heavy atom. The van der Waals surface area contributed by atoms with E-state index >= 15 is 0 Å². The first-order valence-corrected chi connectivity index (χ1v) is 7.91. The van der Waals surface area contributed by atoms with Crippen molar-refractivity contribution >= 4 is 17.4 Å². The number of hydrogen-bond acceptors (Lipinski definition) is 3. The van der Waals surface area contributed by atoms with E-state index in [0.717, 1.165) is 42.9 Å². The number of anilines is 1. The number of benzene rings is 1. The van der Waals surface area contributed by atoms with Crippen molar-refractivity contribution in [2.45, 2.75) is 45.6 Å². The number of aryl methyl sites for hydroxylation is 1. The summed E-state index contributed by atoms with van der Waals surface area (Å²) in [6.07, 6.45) is 3.97. The van der Waals surface area contributed by atoms with Crippen LogP contribution >= 0.6 is 11.6 Å². The predicted molar refractivity (Wildman–Crippen MR) is 87.0 cm³/mol. The summed E-state index contributed by atoms with van der Waals surface area (Å²) in [7, 11) is 0. The van der Waals surface area contributed by atoms with Crippen molar-refractivity contribution in [3.8, 4) is 0 Å². The minimum absolute atomic E-state index is 0.390. The molecule has 0 fully saturated rings. The van der Waals surface area contributed by atoms with E-state index in [1.807, 2.05) is 6.92 Å². The van der Waals surface area contributed by atoms with Gasteiger partial charge in [-0.15, -0.1) is 0 Å². The SMILES string of the molecule is CCCc1nc(Cl)c(C)c(NC2Cc3ccccc3C2)n1. The minimum atomic E-state index is 0.390. The Kier molecular flexibility index (Phi) is 4.11. The van der Waals surface area contributed by atoms with Gasteiger partial charge >= 0.3 is 0 Å². The summed E-state index contributed by atoms with van der Waals surface area (Å²) in [6, 6.07) is 9.01. The number of fused-ring (bicyclic) bond motifs is 1. The van der Waals surface area contributed by atoms with Crippen LogP contribution < -0.4 is 5.32 Å². The summed E-state index contributed by atoms with van der Waals surface area (Å²) in [5.41, 5.74) is 3.80. The molecule has 2 aromatic rings. The lowest BCUT2D eigenvalue weighted by Crippen LogP contribution is -2.21. The van der Waals surface area contributed by atoms with Crippen molar-refractivity contribution < 1.29 is 0 Å². The summed E-state index contributed by atoms with van der Waals surface area (Å²) in [5, 5.41) is 4.12. The summed E-state index contributed by atoms with van der Waals surface area (Å²) in [6.45, 7) is 4.10. The maximum Gasteiger partial charge on any atom is 0.137 e. The van der Waals surface area contributed by atoms with Gasteiger partial charge in [0, 0.05) is 18.0 Å². The zero-order valence-corrected chi connectivity index (χ0v) is 13.2. The Balaban J connectivity index is 1.80. The standard InChI is InChI=1S/C17H20ClN3/c1-3-6-15-20-16(18)11(2)17(21-15)19-14-9-12-7-4-5-8-13(12)10-14/h4-5,7-8,14H,3,6,9-10H2,1-2H3,(H,19,20,21). The lowest BCUT2D eigenvalue weighted by Gasteiger charge is -2.16. The molecule has 0 saturated heterocycles. The third-order valence-corrected chi connectivity index (χ3v) is 4.37. The molecular weight excluding hydrogens is 282 g/mol. The van der Waals surface area contributed by atoms with Gasteiger partial charge in [0.25, 0.3) is 0 Å². The van der Waals surface area contributed by atoms with E-state index in [2.05, 4.69) is 46.5 Å². The number of hydrogen-bond donors (Lipinski definition) is 1. The van der Waals surface area contributed by atoms with Crippen LogP contribution in [-0.4, -0.2) is 16.0 Å². The van der Waals surface area contributed by atoms with E-state index in [-0.39, 0.29) is 0 Å². The molecule has 1 N–H and O–H groups in total. The van der Waals surface area contributed by atoms with Crippen molar-refractivity contribution in [3.63, 3.8) is 0 Å². The molecule has 0 spiro atoms. The smallest absolute Gasteiger partial charge is 0.137 e. The highest BCUT2D eigenvalue weighted by Gasteiger charge is 2.22. The molecule has 3 rings (SSSR count). The number of nitrogens with one attached hydrogen (secondary N) is 1. The molecule has 0 bridgehead atoms. The van der Waals surface area contributed by atoms with Gasteiger partial charge in [0.1, 0.15) is 16.8 Å². The highest BCUT2D eigenvalue weighted by Crippen LogP contribution is 2.26. The Labute approximate surface area is 130 Å². The fraction of sp³-hybridized carbons (Fsp3) is 0.412. The fourth-order valence-corrected chi connectivity index (χ4v) is 3.05. The maximum atomic E-state index is 6.24. The molecule has 1 heterocycles. The van der Waals surface area contributed by atoms with Crippen LogP contribution in [0.4, 0.5) is 5.82 Å². The van der Waals surface area contributed by atoms with E-state index in [4.69, 9.17) is 11.6 Å². The third-order valence-electron chi connectivity index (χ3n) is 4.00. The van der Waals surface area contributed by atoms with E-state index in [0.29, 0.717) is 11.2 Å². The van der Waals surface area contributed by atoms with Crippen molar-refractivity contribution in [2.75, 3.05) is 5.32 Å². The molecule has 4 heteroatoms. The van der Waals surface area contributed by atoms with Gasteiger partial charge < -0.3 is 5.32 Å². The molecule has 110 valence electrons. The molecule has 3 nitrogen and oxygen atoms in total. The number of aromatic nitrogens is 2. The van der Waals surface area contributed by atoms with Gasteiger partial charge in [-0.1, -0.05) is 42.8 Å². The second-order valence-electron chi connectivity index (χ2n) is 5.67. The zero-order chi connectivity index (χ0) is 14.8. The number of halogens is 1. The van der Waals surface area contributed by atoms with Gasteiger partial charge in [0.05, 0.1) is 0 Å². The Hall–Kier alpha value is -1.61. The van der Waals surface area contributed by atoms with E-state index in [1.165, 1.54) is 11.1 Å². The van der Waals surface area contributed by atoms with E-state index in [9.17, 15) is 0 Å². The second kappa shape index (κ2) is 6.02. The van der Waals surface area contributed by atoms with Crippen molar-refractivity contribution in [3.05, 3.63) is 51.9 Å². The second-order valence-corrected chi connectivity index (χ2v) is 6.03. The Morgan fingerprint density at radius 1 is 1.19 bits per heavy atom. The molecule has 21 heavy (non-hydrogen) atoms. The van der Waals surface area contributed by atoms with Crippen molar-refractivity contribution in [2.24, 2.45) is 0 Å². The first-order valence-electron chi connectivity index (χ1n) is 7.53. The monoisotopic (exact) mass is 301 g/mol. The molecule has 0 aliphatic heterocycles. The molecular formula is C17H20ClN3. The van der Waals surface area contributed by atoms with Crippen LogP contribution in [0.5, 0.6) is 0 Å². The molecule has 0 unspecified atom stereocenters. The Morgan fingerprint density at radius 3 is 2.48 bits per heavy atom. The fourth-order valence-electron chi connectivity index (χ4n) is 2.86. The van der Waals surface area contributed by atoms with Gasteiger partial charge in [-0.25, -0.2) is 9.97 Å². The van der Waals surface area contributed by atoms with Crippen LogP contribution in [0.25, 0.3) is 0 Å².